The van der Waals surface area contributed by atoms with E-state index in [0.29, 0.717) is 0 Å². The third kappa shape index (κ3) is 23.1. The van der Waals surface area contributed by atoms with Gasteiger partial charge in [0.15, 0.2) is 69.2 Å². The molecule has 0 spiro atoms. The maximum absolute atomic E-state index is 13.6. The Hall–Kier alpha value is -4.08. The molecule has 11 aliphatic heterocycles. The molecule has 0 unspecified atom stereocenters. The van der Waals surface area contributed by atoms with Crippen LogP contribution in [-0.4, -0.2) is 557 Å². The fourth-order valence-electron chi connectivity index (χ4n) is 17.1. The van der Waals surface area contributed by atoms with Crippen LogP contribution in [0.1, 0.15) is 41.5 Å². The minimum absolute atomic E-state index is 0.888. The summed E-state index contributed by atoms with van der Waals surface area (Å²) < 4.78 is 129. The summed E-state index contributed by atoms with van der Waals surface area (Å²) >= 11 is 0. The van der Waals surface area contributed by atoms with Crippen LogP contribution in [0.2, 0.25) is 0 Å². The maximum atomic E-state index is 13.6. The van der Waals surface area contributed by atoms with Crippen LogP contribution in [0.4, 0.5) is 0 Å². The molecule has 57 heteroatoms. The average Bonchev–Trinajstić information content (AvgIpc) is 0.909. The minimum Gasteiger partial charge on any atom is -0.394 e. The Bertz CT molecular complexity index is 3560. The van der Waals surface area contributed by atoms with Crippen LogP contribution in [0, 0.1) is 0 Å². The van der Waals surface area contributed by atoms with Crippen molar-refractivity contribution in [2.24, 2.45) is 0 Å². The molecule has 0 aliphatic carbocycles. The van der Waals surface area contributed by atoms with Crippen molar-refractivity contribution in [3.8, 4) is 0 Å². The van der Waals surface area contributed by atoms with E-state index in [2.05, 4.69) is 21.3 Å². The van der Waals surface area contributed by atoms with Gasteiger partial charge in [0, 0.05) is 27.7 Å². The Morgan fingerprint density at radius 1 is 0.215 bits per heavy atom. The first-order valence-corrected chi connectivity index (χ1v) is 41.8. The fourth-order valence-corrected chi connectivity index (χ4v) is 17.1. The topological polar surface area (TPSA) is 877 Å². The van der Waals surface area contributed by atoms with E-state index in [1.807, 2.05) is 0 Å². The summed E-state index contributed by atoms with van der Waals surface area (Å²) in [4.78, 5) is 52.8. The van der Waals surface area contributed by atoms with E-state index in [-0.39, 0.29) is 0 Å². The molecule has 57 nitrogen and oxygen atoms in total. The molecule has 0 aromatic rings. The van der Waals surface area contributed by atoms with E-state index >= 15 is 0 Å². The van der Waals surface area contributed by atoms with Crippen LogP contribution < -0.4 is 21.3 Å². The zero-order chi connectivity index (χ0) is 95.5. The Balaban J connectivity index is 1.01. The van der Waals surface area contributed by atoms with E-state index in [4.69, 9.17) is 99.5 Å². The summed E-state index contributed by atoms with van der Waals surface area (Å²) in [6.45, 7) is -4.53. The van der Waals surface area contributed by atoms with Gasteiger partial charge in [0.25, 0.3) is 0 Å². The van der Waals surface area contributed by atoms with Crippen LogP contribution in [0.3, 0.4) is 0 Å². The van der Waals surface area contributed by atoms with E-state index in [1.165, 1.54) is 13.8 Å². The molecular weight excluding hydrogens is 1780 g/mol. The van der Waals surface area contributed by atoms with Gasteiger partial charge in [0.2, 0.25) is 23.6 Å². The zero-order valence-corrected chi connectivity index (χ0v) is 70.3. The predicted molar refractivity (Wildman–Crippen MR) is 400 cm³/mol. The lowest BCUT2D eigenvalue weighted by Crippen LogP contribution is -2.71. The molecule has 11 saturated heterocycles. The largest absolute Gasteiger partial charge is 0.394 e. The first-order valence-electron chi connectivity index (χ1n) is 41.8. The lowest BCUT2D eigenvalue weighted by Gasteiger charge is -2.52. The second kappa shape index (κ2) is 46.1. The number of amides is 4. The van der Waals surface area contributed by atoms with Gasteiger partial charge in [-0.2, -0.15) is 0 Å². The number of aliphatic hydroxyl groups is 28. The van der Waals surface area contributed by atoms with Crippen molar-refractivity contribution in [3.63, 3.8) is 0 Å². The van der Waals surface area contributed by atoms with Crippen molar-refractivity contribution in [1.29, 1.82) is 0 Å². The lowest BCUT2D eigenvalue weighted by atomic mass is 9.93. The van der Waals surface area contributed by atoms with Crippen molar-refractivity contribution >= 4 is 23.6 Å². The molecule has 54 atom stereocenters. The third-order valence-corrected chi connectivity index (χ3v) is 24.2. The standard InChI is InChI=1S/C73H122N4O53/c1-16-35(90)45(100)51(106)67(111-16)124-56-29(14-85)120-66(34(77-21(6)89)58(56)126-70-53(108)47(102)38(93)23(8-79)115-70)128-60-48(103)39(94)24(9-80)117-71(60)110-15-30-42(97)59(127-72-61(49(104)40(95)25(10-81)118-72)129-64-31(74-18(3)86)43(98)37(92)22(7-78)114-64)62(130-69-50(105)41(96)26(11-82)116-69)73(121-30)122-54-27(12-83)119-65(32(44(54)99)75-19(4)87)123-55-28(13-84)113-63(109)33(76-20(5)88)57(55)125-68-52(107)46(101)36(91)17(2)112-68/h16-17,22-73,78-85,90-109H,7-15H2,1-6H3,(H,74,86)(H,75,87)(H,76,88)(H,77,89)/t16-,17-,22+,23+,24+,25+,26+,27+,28+,29+,30+,31+,32+,33+,34+,35+,36+,37+,38-,39+,40+,41-,42+,43+,44+,45+,46+,47-,48-,49-,50+,51-,52-,53+,54+,55+,56+,57+,58+,59-,60-,61-,62-,63+,64-,65-,66-,67-,68-,69-,70-,71-,72+,73-/m0/s1. The monoisotopic (exact) mass is 1900 g/mol. The highest BCUT2D eigenvalue weighted by atomic mass is 16.8. The molecule has 11 aliphatic rings. The number of aliphatic hydroxyl groups excluding tert-OH is 28. The number of hydrogen-bond donors (Lipinski definition) is 32. The summed E-state index contributed by atoms with van der Waals surface area (Å²) in [6.07, 6.45) is -107. The van der Waals surface area contributed by atoms with E-state index in [9.17, 15) is 162 Å². The predicted octanol–water partition coefficient (Wildman–Crippen LogP) is -21.7. The van der Waals surface area contributed by atoms with Gasteiger partial charge < -0.3 is 264 Å². The Morgan fingerprint density at radius 3 is 0.938 bits per heavy atom. The second-order valence-corrected chi connectivity index (χ2v) is 33.3. The van der Waals surface area contributed by atoms with Crippen molar-refractivity contribution in [2.45, 2.75) is 373 Å². The normalized spacial score (nSPS) is 50.3. The smallest absolute Gasteiger partial charge is 0.217 e. The van der Waals surface area contributed by atoms with Crippen molar-refractivity contribution in [1.82, 2.24) is 21.3 Å². The Kier molecular flexibility index (Phi) is 37.7. The highest BCUT2D eigenvalue weighted by molar-refractivity contribution is 5.74. The van der Waals surface area contributed by atoms with Crippen LogP contribution in [0.15, 0.2) is 0 Å². The third-order valence-electron chi connectivity index (χ3n) is 24.2. The highest BCUT2D eigenvalue weighted by Gasteiger charge is 2.64. The molecule has 752 valence electrons. The summed E-state index contributed by atoms with van der Waals surface area (Å²) in [5, 5.41) is 325. The lowest BCUT2D eigenvalue weighted by molar-refractivity contribution is -0.408. The van der Waals surface area contributed by atoms with Crippen molar-refractivity contribution < 1.29 is 262 Å². The molecule has 130 heavy (non-hydrogen) atoms. The summed E-state index contributed by atoms with van der Waals surface area (Å²) in [7, 11) is 0. The minimum atomic E-state index is -2.63. The molecule has 0 bridgehead atoms. The van der Waals surface area contributed by atoms with Gasteiger partial charge in [-0.05, 0) is 13.8 Å². The van der Waals surface area contributed by atoms with Gasteiger partial charge in [0.05, 0.1) is 71.7 Å². The SMILES string of the molecule is CC(=O)N[C@@H]1[C@@H](O[C@@H]2O[C@@H](C)[C@@H](O)[C@@H](O)[C@@H]2O)[C@H](O[C@@H]2O[C@H](CO)[C@@H](O[C@@H]3O[C@H](CO[C@H]4O[C@H](CO)[C@@H](O)[C@H](O)[C@@H]4O[C@@H]4O[C@H](CO)[C@@H](O[C@@H]5O[C@@H](C)[C@@H](O)[C@@H](O)[C@@H]5O)[C@H](O[C@@H]5O[C@H](CO)[C@H](O)[C@H](O)[C@H]5O)[C@H]4NC(C)=O)[C@@H](O)[C@H](O[C@H]4O[C@H](CO)[C@@H](O)[C@H](O)[C@@H]4O[C@@H]4O[C@H](CO)[C@@H](O)[C@H](O)[C@H]4NC(C)=O)[C@@H]3O[C@@H]3O[C@H](CO)[C@H](O)[C@H]3O)[C@H](O)[C@H]2NC(C)=O)[C@@H](CO)O[C@H]1O. The van der Waals surface area contributed by atoms with Gasteiger partial charge in [-0.3, -0.25) is 19.2 Å². The number of hydrogen-bond acceptors (Lipinski definition) is 53. The molecule has 0 saturated carbocycles. The molecule has 4 amide bonds. The van der Waals surface area contributed by atoms with Crippen molar-refractivity contribution in [2.75, 3.05) is 59.5 Å². The molecule has 0 aromatic carbocycles. The molecular formula is C73H122N4O53. The van der Waals surface area contributed by atoms with E-state index in [0.717, 1.165) is 27.7 Å². The van der Waals surface area contributed by atoms with Gasteiger partial charge in [-0.1, -0.05) is 0 Å². The van der Waals surface area contributed by atoms with Crippen LogP contribution in [0.5, 0.6) is 0 Å². The van der Waals surface area contributed by atoms with Crippen LogP contribution in [-0.2, 0) is 119 Å². The first kappa shape index (κ1) is 106. The summed E-state index contributed by atoms with van der Waals surface area (Å²) in [6, 6.07) is -7.90. The fraction of sp³-hybridized carbons (Fsp3) is 0.945. The van der Waals surface area contributed by atoms with Crippen LogP contribution in [0.25, 0.3) is 0 Å². The molecule has 0 radical (unpaired) electrons. The number of rotatable bonds is 33. The Morgan fingerprint density at radius 2 is 0.485 bits per heavy atom. The summed E-state index contributed by atoms with van der Waals surface area (Å²) in [5.41, 5.74) is 0. The number of carbonyl (C=O) groups is 4. The summed E-state index contributed by atoms with van der Waals surface area (Å²) in [5.74, 6) is -3.90. The molecule has 11 heterocycles. The van der Waals surface area contributed by atoms with E-state index in [1.54, 1.807) is 0 Å². The number of nitrogens with one attached hydrogen (secondary N) is 4. The van der Waals surface area contributed by atoms with Gasteiger partial charge in [-0.15, -0.1) is 0 Å². The zero-order valence-electron chi connectivity index (χ0n) is 70.3. The van der Waals surface area contributed by atoms with Gasteiger partial charge in [-0.25, -0.2) is 0 Å². The maximum Gasteiger partial charge on any atom is 0.217 e. The number of carbonyl (C=O) groups excluding carboxylic acids is 4. The molecule has 0 aromatic heterocycles. The molecule has 11 rings (SSSR count). The first-order chi connectivity index (χ1) is 61.5. The quantitative estimate of drug-likeness (QED) is 0.0290. The Labute approximate surface area is 736 Å². The van der Waals surface area contributed by atoms with E-state index < -0.39 is 415 Å². The highest BCUT2D eigenvalue weighted by Crippen LogP contribution is 2.43. The van der Waals surface area contributed by atoms with Gasteiger partial charge >= 0.3 is 0 Å². The average molecular weight is 1900 g/mol. The molecule has 32 N–H and O–H groups in total. The van der Waals surface area contributed by atoms with Gasteiger partial charge in [0.1, 0.15) is 250 Å². The van der Waals surface area contributed by atoms with Crippen molar-refractivity contribution in [3.05, 3.63) is 0 Å². The number of ether oxygens (including phenoxy) is 21. The molecule has 11 fully saturated rings. The second-order valence-electron chi connectivity index (χ2n) is 33.3. The van der Waals surface area contributed by atoms with Crippen LogP contribution >= 0.6 is 0 Å².